The Morgan fingerprint density at radius 3 is 1.78 bits per heavy atom. The zero-order valence-corrected chi connectivity index (χ0v) is 11.3. The summed E-state index contributed by atoms with van der Waals surface area (Å²) in [6.07, 6.45) is 0. The molecule has 1 atom stereocenters. The molecule has 0 aromatic rings. The van der Waals surface area contributed by atoms with Gasteiger partial charge in [0.25, 0.3) is 0 Å². The zero-order chi connectivity index (χ0) is 13.7. The summed E-state index contributed by atoms with van der Waals surface area (Å²) >= 11 is 0. The van der Waals surface area contributed by atoms with Gasteiger partial charge in [0.2, 0.25) is 0 Å². The highest BCUT2D eigenvalue weighted by atomic mass is 31.2. The molecule has 0 aliphatic rings. The average Bonchev–Trinajstić information content (AvgIpc) is 2.36. The second-order valence-electron chi connectivity index (χ2n) is 3.05. The first-order valence-corrected chi connectivity index (χ1v) is 6.99. The van der Waals surface area contributed by atoms with Crippen LogP contribution in [-0.2, 0) is 27.8 Å². The fraction of sp³-hybridized carbons (Fsp3) is 1.00. The number of rotatable bonds is 13. The first kappa shape index (κ1) is 17.9. The number of phosphoric acid groups is 1. The smallest absolute Gasteiger partial charge is 0.394 e. The third-order valence-electron chi connectivity index (χ3n) is 1.69. The topological polar surface area (TPSA) is 104 Å². The summed E-state index contributed by atoms with van der Waals surface area (Å²) in [7, 11) is -2.81. The summed E-state index contributed by atoms with van der Waals surface area (Å²) in [5.41, 5.74) is 0. The van der Waals surface area contributed by atoms with E-state index in [1.54, 1.807) is 0 Å². The second kappa shape index (κ2) is 12.0. The van der Waals surface area contributed by atoms with Gasteiger partial charge in [-0.05, 0) is 0 Å². The Kier molecular flexibility index (Phi) is 12.0. The zero-order valence-electron chi connectivity index (χ0n) is 10.4. The number of aliphatic hydroxyl groups is 1. The summed E-state index contributed by atoms with van der Waals surface area (Å²) in [5.74, 6) is 0. The predicted octanol–water partition coefficient (Wildman–Crippen LogP) is -0.208. The lowest BCUT2D eigenvalue weighted by Crippen LogP contribution is -2.12. The van der Waals surface area contributed by atoms with Gasteiger partial charge in [-0.25, -0.2) is 4.57 Å². The number of ether oxygens (including phenoxy) is 3. The van der Waals surface area contributed by atoms with E-state index in [4.69, 9.17) is 24.2 Å². The highest BCUT2D eigenvalue weighted by Crippen LogP contribution is 2.41. The van der Waals surface area contributed by atoms with Gasteiger partial charge in [-0.15, -0.1) is 0 Å². The van der Waals surface area contributed by atoms with E-state index < -0.39 is 7.82 Å². The Labute approximate surface area is 106 Å². The number of phosphoric ester groups is 1. The van der Waals surface area contributed by atoms with Crippen LogP contribution >= 0.6 is 7.82 Å². The van der Waals surface area contributed by atoms with Crippen LogP contribution in [0.4, 0.5) is 0 Å². The van der Waals surface area contributed by atoms with Gasteiger partial charge in [-0.3, -0.25) is 9.05 Å². The van der Waals surface area contributed by atoms with Gasteiger partial charge >= 0.3 is 7.82 Å². The molecular weight excluding hydrogens is 267 g/mol. The van der Waals surface area contributed by atoms with Crippen LogP contribution in [-0.4, -0.2) is 70.0 Å². The lowest BCUT2D eigenvalue weighted by molar-refractivity contribution is 0.00190. The van der Waals surface area contributed by atoms with Gasteiger partial charge in [0.05, 0.1) is 52.9 Å². The van der Waals surface area contributed by atoms with E-state index >= 15 is 0 Å². The van der Waals surface area contributed by atoms with Crippen molar-refractivity contribution in [3.8, 4) is 0 Å². The van der Waals surface area contributed by atoms with Crippen molar-refractivity contribution in [2.24, 2.45) is 0 Å². The normalized spacial score (nSPS) is 14.6. The molecule has 9 heteroatoms. The Balaban J connectivity index is 3.10. The molecule has 0 aromatic carbocycles. The van der Waals surface area contributed by atoms with Crippen LogP contribution in [0.3, 0.4) is 0 Å². The maximum absolute atomic E-state index is 10.8. The van der Waals surface area contributed by atoms with Gasteiger partial charge in [-0.2, -0.15) is 0 Å². The highest BCUT2D eigenvalue weighted by molar-refractivity contribution is 7.47. The van der Waals surface area contributed by atoms with E-state index in [0.29, 0.717) is 33.0 Å². The molecule has 18 heavy (non-hydrogen) atoms. The molecule has 0 rings (SSSR count). The predicted molar refractivity (Wildman–Crippen MR) is 62.3 cm³/mol. The Bertz CT molecular complexity index is 225. The van der Waals surface area contributed by atoms with Crippen LogP contribution in [0.5, 0.6) is 0 Å². The molecule has 0 saturated heterocycles. The molecular formula is C9H21O8P. The molecule has 0 bridgehead atoms. The van der Waals surface area contributed by atoms with Crippen LogP contribution in [0.1, 0.15) is 0 Å². The van der Waals surface area contributed by atoms with Gasteiger partial charge in [0, 0.05) is 7.11 Å². The standard InChI is InChI=1S/C9H21O8P/c1-13-18(11,12)17-9-8-16-7-6-15-5-4-14-3-2-10/h10H,2-9H2,1H3,(H,11,12). The molecule has 8 nitrogen and oxygen atoms in total. The lowest BCUT2D eigenvalue weighted by Gasteiger charge is -2.09. The minimum atomic E-state index is -3.90. The molecule has 0 saturated carbocycles. The molecule has 110 valence electrons. The first-order valence-electron chi connectivity index (χ1n) is 5.49. The van der Waals surface area contributed by atoms with Crippen molar-refractivity contribution in [3.63, 3.8) is 0 Å². The average molecular weight is 288 g/mol. The molecule has 0 aromatic heterocycles. The van der Waals surface area contributed by atoms with E-state index in [0.717, 1.165) is 7.11 Å². The van der Waals surface area contributed by atoms with Gasteiger partial charge < -0.3 is 24.2 Å². The molecule has 2 N–H and O–H groups in total. The highest BCUT2D eigenvalue weighted by Gasteiger charge is 2.17. The van der Waals surface area contributed by atoms with E-state index in [2.05, 4.69) is 9.05 Å². The number of hydrogen-bond donors (Lipinski definition) is 2. The molecule has 0 amide bonds. The molecule has 0 aliphatic carbocycles. The fourth-order valence-electron chi connectivity index (χ4n) is 0.871. The summed E-state index contributed by atoms with van der Waals surface area (Å²) in [6, 6.07) is 0. The quantitative estimate of drug-likeness (QED) is 0.354. The SMILES string of the molecule is COP(=O)(O)OCCOCCOCCOCCO. The molecule has 0 aliphatic heterocycles. The summed E-state index contributed by atoms with van der Waals surface area (Å²) in [4.78, 5) is 8.87. The third-order valence-corrected chi connectivity index (χ3v) is 2.66. The van der Waals surface area contributed by atoms with E-state index in [1.165, 1.54) is 0 Å². The maximum Gasteiger partial charge on any atom is 0.471 e. The Morgan fingerprint density at radius 1 is 0.889 bits per heavy atom. The number of hydrogen-bond acceptors (Lipinski definition) is 7. The van der Waals surface area contributed by atoms with Gasteiger partial charge in [0.1, 0.15) is 0 Å². The van der Waals surface area contributed by atoms with Crippen molar-refractivity contribution in [1.82, 2.24) is 0 Å². The summed E-state index contributed by atoms with van der Waals surface area (Å²) < 4.78 is 34.8. The summed E-state index contributed by atoms with van der Waals surface area (Å²) in [6.45, 7) is 2.05. The first-order chi connectivity index (χ1) is 8.62. The third kappa shape index (κ3) is 12.4. The Morgan fingerprint density at radius 2 is 1.33 bits per heavy atom. The van der Waals surface area contributed by atoms with Crippen LogP contribution in [0.15, 0.2) is 0 Å². The van der Waals surface area contributed by atoms with Crippen molar-refractivity contribution < 1.29 is 37.8 Å². The van der Waals surface area contributed by atoms with Crippen LogP contribution in [0.2, 0.25) is 0 Å². The van der Waals surface area contributed by atoms with Crippen molar-refractivity contribution in [2.45, 2.75) is 0 Å². The molecule has 0 radical (unpaired) electrons. The van der Waals surface area contributed by atoms with Crippen molar-refractivity contribution >= 4 is 7.82 Å². The van der Waals surface area contributed by atoms with E-state index in [9.17, 15) is 4.57 Å². The Hall–Kier alpha value is -0.0500. The van der Waals surface area contributed by atoms with E-state index in [-0.39, 0.29) is 19.8 Å². The van der Waals surface area contributed by atoms with Crippen molar-refractivity contribution in [1.29, 1.82) is 0 Å². The van der Waals surface area contributed by atoms with Gasteiger partial charge in [-0.1, -0.05) is 0 Å². The monoisotopic (exact) mass is 288 g/mol. The minimum absolute atomic E-state index is 0.000696. The maximum atomic E-state index is 10.8. The van der Waals surface area contributed by atoms with E-state index in [1.807, 2.05) is 0 Å². The van der Waals surface area contributed by atoms with Crippen molar-refractivity contribution in [2.75, 3.05) is 60.0 Å². The number of aliphatic hydroxyl groups excluding tert-OH is 1. The lowest BCUT2D eigenvalue weighted by atomic mass is 10.7. The van der Waals surface area contributed by atoms with Crippen LogP contribution < -0.4 is 0 Å². The minimum Gasteiger partial charge on any atom is -0.394 e. The second-order valence-corrected chi connectivity index (χ2v) is 4.61. The largest absolute Gasteiger partial charge is 0.471 e. The molecule has 1 unspecified atom stereocenters. The molecule has 0 spiro atoms. The van der Waals surface area contributed by atoms with Gasteiger partial charge in [0.15, 0.2) is 0 Å². The summed E-state index contributed by atoms with van der Waals surface area (Å²) in [5, 5.41) is 8.42. The van der Waals surface area contributed by atoms with Crippen LogP contribution in [0.25, 0.3) is 0 Å². The van der Waals surface area contributed by atoms with Crippen molar-refractivity contribution in [3.05, 3.63) is 0 Å². The fourth-order valence-corrected chi connectivity index (χ4v) is 1.28. The molecule has 0 fully saturated rings. The molecule has 0 heterocycles. The van der Waals surface area contributed by atoms with Crippen LogP contribution in [0, 0.1) is 0 Å².